The van der Waals surface area contributed by atoms with E-state index in [-0.39, 0.29) is 40.5 Å². The molecule has 1 aliphatic rings. The highest BCUT2D eigenvalue weighted by Gasteiger charge is 2.52. The molecule has 2 aromatic rings. The number of likely N-dealkylation sites (N-methyl/N-ethyl adjacent to an activating group) is 1. The number of halogens is 2. The number of carbonyl (C=O) groups excluding carboxylic acids is 1. The van der Waals surface area contributed by atoms with Gasteiger partial charge in [-0.15, -0.1) is 0 Å². The molecule has 1 heterocycles. The fourth-order valence-electron chi connectivity index (χ4n) is 5.39. The Bertz CT molecular complexity index is 1370. The quantitative estimate of drug-likeness (QED) is 0.375. The first-order valence-corrected chi connectivity index (χ1v) is 12.6. The highest BCUT2D eigenvalue weighted by Crippen LogP contribution is 2.58. The second-order valence-electron chi connectivity index (χ2n) is 10.5. The molecule has 2 atom stereocenters. The predicted molar refractivity (Wildman–Crippen MR) is 142 cm³/mol. The Hall–Kier alpha value is -3.69. The molecule has 0 aliphatic heterocycles. The summed E-state index contributed by atoms with van der Waals surface area (Å²) in [5, 5.41) is 7.74. The van der Waals surface area contributed by atoms with Gasteiger partial charge in [-0.25, -0.2) is 13.6 Å². The summed E-state index contributed by atoms with van der Waals surface area (Å²) in [5.74, 6) is -1.74. The fraction of sp³-hybridized carbons (Fsp3) is 0.464. The van der Waals surface area contributed by atoms with Gasteiger partial charge < -0.3 is 4.90 Å². The number of nitrogens with one attached hydrogen (secondary N) is 1. The summed E-state index contributed by atoms with van der Waals surface area (Å²) in [5.41, 5.74) is -1.32. The molecular formula is C28H35F2N5O3. The van der Waals surface area contributed by atoms with Crippen LogP contribution in [0.1, 0.15) is 46.1 Å². The molecule has 10 heteroatoms. The van der Waals surface area contributed by atoms with Crippen molar-refractivity contribution in [3.63, 3.8) is 0 Å². The van der Waals surface area contributed by atoms with Crippen LogP contribution in [0.2, 0.25) is 0 Å². The monoisotopic (exact) mass is 527 g/mol. The van der Waals surface area contributed by atoms with E-state index in [2.05, 4.69) is 42.6 Å². The molecule has 8 nitrogen and oxygen atoms in total. The number of rotatable bonds is 9. The largest absolute Gasteiger partial charge is 0.341 e. The zero-order valence-corrected chi connectivity index (χ0v) is 22.6. The van der Waals surface area contributed by atoms with Gasteiger partial charge in [0.2, 0.25) is 5.91 Å². The first-order valence-electron chi connectivity index (χ1n) is 12.6. The minimum Gasteiger partial charge on any atom is -0.341 e. The number of benzene rings is 1. The average Bonchev–Trinajstić information content (AvgIpc) is 3.07. The molecule has 1 saturated carbocycles. The molecule has 0 radical (unpaired) electrons. The third-order valence-corrected chi connectivity index (χ3v) is 8.08. The second kappa shape index (κ2) is 11.4. The van der Waals surface area contributed by atoms with Crippen LogP contribution in [0.5, 0.6) is 0 Å². The van der Waals surface area contributed by atoms with E-state index in [4.69, 9.17) is 0 Å². The van der Waals surface area contributed by atoms with E-state index >= 15 is 0 Å². The van der Waals surface area contributed by atoms with Crippen molar-refractivity contribution in [3.8, 4) is 0 Å². The smallest absolute Gasteiger partial charge is 0.328 e. The Morgan fingerprint density at radius 2 is 1.89 bits per heavy atom. The van der Waals surface area contributed by atoms with Crippen molar-refractivity contribution >= 4 is 11.6 Å². The molecule has 1 N–H and O–H groups in total. The summed E-state index contributed by atoms with van der Waals surface area (Å²) < 4.78 is 30.2. The number of amides is 1. The molecule has 3 rings (SSSR count). The van der Waals surface area contributed by atoms with Gasteiger partial charge in [0, 0.05) is 32.4 Å². The molecule has 1 aromatic heterocycles. The first-order chi connectivity index (χ1) is 17.8. The van der Waals surface area contributed by atoms with Crippen molar-refractivity contribution in [2.24, 2.45) is 27.0 Å². The van der Waals surface area contributed by atoms with Gasteiger partial charge in [0.1, 0.15) is 18.2 Å². The third kappa shape index (κ3) is 5.74. The molecule has 0 saturated heterocycles. The van der Waals surface area contributed by atoms with Crippen LogP contribution in [0, 0.1) is 28.4 Å². The second-order valence-corrected chi connectivity index (χ2v) is 10.5. The molecule has 1 aliphatic carbocycles. The maximum Gasteiger partial charge on any atom is 0.328 e. The van der Waals surface area contributed by atoms with E-state index in [0.29, 0.717) is 18.7 Å². The minimum atomic E-state index is -0.731. The molecule has 204 valence electrons. The lowest BCUT2D eigenvalue weighted by Crippen LogP contribution is -2.47. The summed E-state index contributed by atoms with van der Waals surface area (Å²) in [6, 6.07) is 4.85. The lowest BCUT2D eigenvalue weighted by Gasteiger charge is -2.45. The van der Waals surface area contributed by atoms with E-state index in [1.54, 1.807) is 11.0 Å². The Morgan fingerprint density at radius 3 is 2.47 bits per heavy atom. The van der Waals surface area contributed by atoms with Crippen LogP contribution < -0.4 is 11.2 Å². The van der Waals surface area contributed by atoms with Gasteiger partial charge in [0.15, 0.2) is 0 Å². The number of aromatic amines is 1. The topological polar surface area (TPSA) is 99.9 Å². The lowest BCUT2D eigenvalue weighted by molar-refractivity contribution is -0.134. The summed E-state index contributed by atoms with van der Waals surface area (Å²) in [6.45, 7) is 13.2. The van der Waals surface area contributed by atoms with E-state index < -0.39 is 22.9 Å². The van der Waals surface area contributed by atoms with Gasteiger partial charge in [-0.05, 0) is 60.3 Å². The normalized spacial score (nSPS) is 21.1. The van der Waals surface area contributed by atoms with E-state index in [1.165, 1.54) is 42.1 Å². The van der Waals surface area contributed by atoms with Crippen LogP contribution in [-0.2, 0) is 11.3 Å². The summed E-state index contributed by atoms with van der Waals surface area (Å²) >= 11 is 0. The summed E-state index contributed by atoms with van der Waals surface area (Å²) in [7, 11) is 1.43. The molecule has 0 unspecified atom stereocenters. The maximum atomic E-state index is 14.5. The van der Waals surface area contributed by atoms with Crippen LogP contribution in [-0.4, -0.2) is 40.5 Å². The molecule has 0 bridgehead atoms. The van der Waals surface area contributed by atoms with Crippen molar-refractivity contribution in [2.75, 3.05) is 20.1 Å². The maximum absolute atomic E-state index is 14.5. The predicted octanol–water partition coefficient (Wildman–Crippen LogP) is 4.79. The van der Waals surface area contributed by atoms with Gasteiger partial charge in [0.05, 0.1) is 11.3 Å². The lowest BCUT2D eigenvalue weighted by atomic mass is 9.64. The van der Waals surface area contributed by atoms with E-state index in [9.17, 15) is 23.2 Å². The van der Waals surface area contributed by atoms with Crippen LogP contribution in [0.4, 0.5) is 8.78 Å². The highest BCUT2D eigenvalue weighted by atomic mass is 19.1. The fourth-order valence-corrected chi connectivity index (χ4v) is 5.39. The Kier molecular flexibility index (Phi) is 8.64. The van der Waals surface area contributed by atoms with Crippen molar-refractivity contribution in [3.05, 3.63) is 86.7 Å². The molecule has 38 heavy (non-hydrogen) atoms. The van der Waals surface area contributed by atoms with Gasteiger partial charge in [-0.2, -0.15) is 10.2 Å². The average molecular weight is 528 g/mol. The SMILES string of the molecule is C=C(/C=C(\N=N/C)c1c(F)cccc1F)[C@@H]1CC[C@@](C)(CN(CC)C(=O)Cn2ccc(=O)[nH]c2=O)C1(C)C. The number of nitrogens with zero attached hydrogens (tertiary/aromatic N) is 4. The minimum absolute atomic E-state index is 0.0417. The van der Waals surface area contributed by atoms with Crippen molar-refractivity contribution < 1.29 is 13.6 Å². The number of H-pyrrole nitrogens is 1. The molecule has 1 amide bonds. The Balaban J connectivity index is 1.84. The standard InChI is InChI=1S/C28H35F2N5O3/c1-7-34(24(37)16-35-14-12-23(36)32-26(35)38)17-28(5)13-11-19(27(28,3)4)18(2)15-22(33-31-6)25-20(29)9-8-10-21(25)30/h8-10,12,14-15,19H,2,7,11,13,16-17H2,1,3-6H3,(H,32,36,38)/b22-15-,33-31-/t19-,28-/m0/s1. The van der Waals surface area contributed by atoms with Gasteiger partial charge >= 0.3 is 5.69 Å². The molecule has 0 spiro atoms. The van der Waals surface area contributed by atoms with E-state index in [1.807, 2.05) is 6.92 Å². The Morgan fingerprint density at radius 1 is 1.24 bits per heavy atom. The van der Waals surface area contributed by atoms with Crippen molar-refractivity contribution in [1.29, 1.82) is 0 Å². The number of aromatic nitrogens is 2. The van der Waals surface area contributed by atoms with Crippen LogP contribution in [0.15, 0.2) is 68.5 Å². The van der Waals surface area contributed by atoms with Gasteiger partial charge in [-0.3, -0.25) is 19.1 Å². The van der Waals surface area contributed by atoms with Crippen LogP contribution in [0.25, 0.3) is 5.70 Å². The van der Waals surface area contributed by atoms with Crippen molar-refractivity contribution in [1.82, 2.24) is 14.5 Å². The number of hydrogen-bond donors (Lipinski definition) is 1. The van der Waals surface area contributed by atoms with Crippen LogP contribution in [0.3, 0.4) is 0 Å². The summed E-state index contributed by atoms with van der Waals surface area (Å²) in [6.07, 6.45) is 4.46. The number of azo groups is 1. The first kappa shape index (κ1) is 28.9. The summed E-state index contributed by atoms with van der Waals surface area (Å²) in [4.78, 5) is 40.4. The Labute approximate surface area is 220 Å². The molecule has 1 aromatic carbocycles. The highest BCUT2D eigenvalue weighted by molar-refractivity contribution is 5.76. The molecule has 1 fully saturated rings. The van der Waals surface area contributed by atoms with Crippen LogP contribution >= 0.6 is 0 Å². The third-order valence-electron chi connectivity index (χ3n) is 8.08. The van der Waals surface area contributed by atoms with E-state index in [0.717, 1.165) is 12.8 Å². The zero-order chi connectivity index (χ0) is 28.3. The van der Waals surface area contributed by atoms with Crippen molar-refractivity contribution in [2.45, 2.75) is 47.1 Å². The number of hydrogen-bond acceptors (Lipinski definition) is 5. The van der Waals surface area contributed by atoms with Gasteiger partial charge in [-0.1, -0.05) is 33.4 Å². The van der Waals surface area contributed by atoms with Gasteiger partial charge in [0.25, 0.3) is 5.56 Å². The number of carbonyl (C=O) groups is 1. The molecular weight excluding hydrogens is 492 g/mol. The zero-order valence-electron chi connectivity index (χ0n) is 22.6. The number of allylic oxidation sites excluding steroid dienone is 2.